The first-order valence-electron chi connectivity index (χ1n) is 4.81. The molecule has 0 nitrogen and oxygen atoms in total. The van der Waals surface area contributed by atoms with Crippen LogP contribution in [-0.4, -0.2) is 13.2 Å². The zero-order valence-electron chi connectivity index (χ0n) is 7.65. The Morgan fingerprint density at radius 2 is 2.09 bits per heavy atom. The number of hydrogen-bond acceptors (Lipinski definition) is 0. The van der Waals surface area contributed by atoms with E-state index in [2.05, 4.69) is 30.7 Å². The van der Waals surface area contributed by atoms with Gasteiger partial charge in [0, 0.05) is 5.33 Å². The third-order valence-corrected chi connectivity index (χ3v) is 3.85. The first kappa shape index (κ1) is 9.63. The van der Waals surface area contributed by atoms with Gasteiger partial charge in [0.1, 0.15) is 7.85 Å². The van der Waals surface area contributed by atoms with Gasteiger partial charge < -0.3 is 0 Å². The minimum atomic E-state index is 0.887. The van der Waals surface area contributed by atoms with Gasteiger partial charge in [0.05, 0.1) is 0 Å². The summed E-state index contributed by atoms with van der Waals surface area (Å²) in [5.41, 5.74) is 0. The van der Waals surface area contributed by atoms with E-state index in [4.69, 9.17) is 0 Å². The van der Waals surface area contributed by atoms with Crippen LogP contribution in [-0.2, 0) is 0 Å². The highest BCUT2D eigenvalue weighted by atomic mass is 79.9. The van der Waals surface area contributed by atoms with Crippen molar-refractivity contribution in [2.24, 2.45) is 11.8 Å². The largest absolute Gasteiger partial charge is 0.105 e. The van der Waals surface area contributed by atoms with E-state index in [1.165, 1.54) is 31.0 Å². The van der Waals surface area contributed by atoms with Crippen molar-refractivity contribution in [1.29, 1.82) is 0 Å². The van der Waals surface area contributed by atoms with E-state index >= 15 is 0 Å². The van der Waals surface area contributed by atoms with Crippen LogP contribution < -0.4 is 0 Å². The average Bonchev–Trinajstić information content (AvgIpc) is 2.04. The zero-order chi connectivity index (χ0) is 8.27. The highest BCUT2D eigenvalue weighted by Crippen LogP contribution is 2.37. The second-order valence-corrected chi connectivity index (χ2v) is 4.75. The fraction of sp³-hybridized carbons (Fsp3) is 1.00. The van der Waals surface area contributed by atoms with Crippen molar-refractivity contribution in [2.45, 2.75) is 38.4 Å². The molecule has 2 unspecified atom stereocenters. The van der Waals surface area contributed by atoms with Crippen LogP contribution >= 0.6 is 15.9 Å². The van der Waals surface area contributed by atoms with Crippen molar-refractivity contribution in [1.82, 2.24) is 0 Å². The van der Waals surface area contributed by atoms with E-state index in [9.17, 15) is 0 Å². The Kier molecular flexibility index (Phi) is 3.98. The lowest BCUT2D eigenvalue weighted by Gasteiger charge is -2.33. The van der Waals surface area contributed by atoms with Gasteiger partial charge in [-0.25, -0.2) is 0 Å². The normalized spacial score (nSPS) is 35.1. The number of alkyl halides is 1. The predicted octanol–water partition coefficient (Wildman–Crippen LogP) is 2.63. The minimum Gasteiger partial charge on any atom is -0.0925 e. The molecule has 1 aliphatic rings. The highest BCUT2D eigenvalue weighted by Gasteiger charge is 2.25. The molecule has 1 aliphatic carbocycles. The van der Waals surface area contributed by atoms with Gasteiger partial charge in [-0.15, -0.1) is 0 Å². The molecule has 1 rings (SSSR count). The second kappa shape index (κ2) is 4.54. The minimum absolute atomic E-state index is 0.887. The Bertz CT molecular complexity index is 114. The van der Waals surface area contributed by atoms with E-state index in [1.54, 1.807) is 0 Å². The number of hydrogen-bond donors (Lipinski definition) is 0. The Labute approximate surface area is 79.7 Å². The number of rotatable bonds is 2. The van der Waals surface area contributed by atoms with Crippen LogP contribution in [0.15, 0.2) is 0 Å². The van der Waals surface area contributed by atoms with E-state index in [-0.39, 0.29) is 0 Å². The van der Waals surface area contributed by atoms with Crippen molar-refractivity contribution in [3.8, 4) is 0 Å². The molecule has 0 heterocycles. The first-order valence-corrected chi connectivity index (χ1v) is 5.93. The van der Waals surface area contributed by atoms with E-state index in [1.807, 2.05) is 0 Å². The van der Waals surface area contributed by atoms with E-state index < -0.39 is 0 Å². The highest BCUT2D eigenvalue weighted by molar-refractivity contribution is 9.09. The molecular formula is C9H18BBr. The second-order valence-electron chi connectivity index (χ2n) is 4.11. The molecule has 0 aromatic heterocycles. The fourth-order valence-corrected chi connectivity index (χ4v) is 3.11. The molecule has 0 spiro atoms. The van der Waals surface area contributed by atoms with Gasteiger partial charge in [0.2, 0.25) is 0 Å². The molecule has 0 N–H and O–H groups in total. The summed E-state index contributed by atoms with van der Waals surface area (Å²) in [4.78, 5) is 0. The summed E-state index contributed by atoms with van der Waals surface area (Å²) in [6.07, 6.45) is 5.84. The zero-order valence-corrected chi connectivity index (χ0v) is 9.23. The molecule has 0 saturated heterocycles. The van der Waals surface area contributed by atoms with Crippen molar-refractivity contribution in [2.75, 3.05) is 5.33 Å². The quantitative estimate of drug-likeness (QED) is 0.492. The summed E-state index contributed by atoms with van der Waals surface area (Å²) in [7, 11) is 2.37. The van der Waals surface area contributed by atoms with Crippen molar-refractivity contribution in [3.63, 3.8) is 0 Å². The van der Waals surface area contributed by atoms with Crippen LogP contribution in [0, 0.1) is 11.8 Å². The molecule has 0 radical (unpaired) electrons. The molecule has 11 heavy (non-hydrogen) atoms. The summed E-state index contributed by atoms with van der Waals surface area (Å²) in [6.45, 7) is 2.37. The molecule has 0 bridgehead atoms. The summed E-state index contributed by atoms with van der Waals surface area (Å²) in [6, 6.07) is 0. The summed E-state index contributed by atoms with van der Waals surface area (Å²) in [5.74, 6) is 2.84. The van der Waals surface area contributed by atoms with Crippen LogP contribution in [0.5, 0.6) is 0 Å². The molecule has 3 atom stereocenters. The molecule has 0 aromatic rings. The van der Waals surface area contributed by atoms with Crippen LogP contribution in [0.2, 0.25) is 5.82 Å². The monoisotopic (exact) mass is 216 g/mol. The van der Waals surface area contributed by atoms with Crippen LogP contribution in [0.25, 0.3) is 0 Å². The Balaban J connectivity index is 2.44. The van der Waals surface area contributed by atoms with Crippen molar-refractivity contribution in [3.05, 3.63) is 0 Å². The van der Waals surface area contributed by atoms with E-state index in [0.717, 1.165) is 17.7 Å². The lowest BCUT2D eigenvalue weighted by Crippen LogP contribution is -2.23. The molecule has 1 fully saturated rings. The lowest BCUT2D eigenvalue weighted by molar-refractivity contribution is 0.256. The molecule has 0 aromatic carbocycles. The molecular weight excluding hydrogens is 199 g/mol. The maximum Gasteiger partial charge on any atom is 0.105 e. The third kappa shape index (κ3) is 2.50. The van der Waals surface area contributed by atoms with Gasteiger partial charge in [-0.1, -0.05) is 47.9 Å². The van der Waals surface area contributed by atoms with E-state index in [0.29, 0.717) is 0 Å². The maximum atomic E-state index is 3.62. The van der Waals surface area contributed by atoms with Crippen molar-refractivity contribution < 1.29 is 0 Å². The van der Waals surface area contributed by atoms with Crippen molar-refractivity contribution >= 4 is 23.8 Å². The topological polar surface area (TPSA) is 0 Å². The van der Waals surface area contributed by atoms with Gasteiger partial charge in [-0.3, -0.25) is 0 Å². The standard InChI is InChI=1S/C9H18BBr/c1-7(10)9-5-3-2-4-8(9)6-11/h7-9H,2-6,10H2,1H3/t7-,8?,9?/m0/s1. The molecule has 64 valence electrons. The van der Waals surface area contributed by atoms with Gasteiger partial charge in [0.25, 0.3) is 0 Å². The van der Waals surface area contributed by atoms with Gasteiger partial charge >= 0.3 is 0 Å². The first-order chi connectivity index (χ1) is 5.25. The van der Waals surface area contributed by atoms with Gasteiger partial charge in [0.15, 0.2) is 0 Å². The molecule has 1 saturated carbocycles. The van der Waals surface area contributed by atoms with Crippen LogP contribution in [0.1, 0.15) is 32.6 Å². The SMILES string of the molecule is B[C@@H](C)C1CCCCC1CBr. The Morgan fingerprint density at radius 1 is 1.45 bits per heavy atom. The summed E-state index contributed by atoms with van der Waals surface area (Å²) < 4.78 is 0. The van der Waals surface area contributed by atoms with Gasteiger partial charge in [-0.05, 0) is 18.3 Å². The fourth-order valence-electron chi connectivity index (χ4n) is 2.31. The molecule has 0 aliphatic heterocycles. The van der Waals surface area contributed by atoms with Gasteiger partial charge in [-0.2, -0.15) is 0 Å². The molecule has 0 amide bonds. The predicted molar refractivity (Wildman–Crippen MR) is 57.2 cm³/mol. The van der Waals surface area contributed by atoms with Crippen LogP contribution in [0.4, 0.5) is 0 Å². The summed E-state index contributed by atoms with van der Waals surface area (Å²) >= 11 is 3.62. The Hall–Kier alpha value is 0.545. The lowest BCUT2D eigenvalue weighted by atomic mass is 9.67. The number of halogens is 1. The average molecular weight is 217 g/mol. The third-order valence-electron chi connectivity index (χ3n) is 3.02. The smallest absolute Gasteiger partial charge is 0.0925 e. The maximum absolute atomic E-state index is 3.62. The Morgan fingerprint density at radius 3 is 2.55 bits per heavy atom. The molecule has 2 heteroatoms. The van der Waals surface area contributed by atoms with Crippen LogP contribution in [0.3, 0.4) is 0 Å². The summed E-state index contributed by atoms with van der Waals surface area (Å²) in [5, 5.41) is 1.22.